The molecular formula is C20H24N2O4. The van der Waals surface area contributed by atoms with Gasteiger partial charge in [0.25, 0.3) is 5.91 Å². The van der Waals surface area contributed by atoms with Crippen molar-refractivity contribution in [1.82, 2.24) is 9.88 Å². The van der Waals surface area contributed by atoms with E-state index in [0.29, 0.717) is 44.4 Å². The maximum atomic E-state index is 12.7. The summed E-state index contributed by atoms with van der Waals surface area (Å²) in [5.41, 5.74) is 1.24. The van der Waals surface area contributed by atoms with Gasteiger partial charge in [0, 0.05) is 18.7 Å². The van der Waals surface area contributed by atoms with E-state index in [1.165, 1.54) is 12.5 Å². The van der Waals surface area contributed by atoms with Gasteiger partial charge in [0.1, 0.15) is 6.26 Å². The highest BCUT2D eigenvalue weighted by Gasteiger charge is 2.48. The van der Waals surface area contributed by atoms with E-state index < -0.39 is 0 Å². The molecule has 4 rings (SSSR count). The first-order valence-electron chi connectivity index (χ1n) is 9.20. The molecule has 2 fully saturated rings. The van der Waals surface area contributed by atoms with Gasteiger partial charge in [0.05, 0.1) is 49.5 Å². The van der Waals surface area contributed by atoms with Crippen molar-refractivity contribution in [3.05, 3.63) is 54.2 Å². The van der Waals surface area contributed by atoms with E-state index in [0.717, 1.165) is 25.0 Å². The smallest absolute Gasteiger partial charge is 0.257 e. The Morgan fingerprint density at radius 1 is 1.38 bits per heavy atom. The summed E-state index contributed by atoms with van der Waals surface area (Å²) < 4.78 is 17.2. The molecule has 26 heavy (non-hydrogen) atoms. The van der Waals surface area contributed by atoms with Gasteiger partial charge in [0.15, 0.2) is 0 Å². The molecule has 1 amide bonds. The summed E-state index contributed by atoms with van der Waals surface area (Å²) in [7, 11) is 0. The second-order valence-corrected chi connectivity index (χ2v) is 7.08. The van der Waals surface area contributed by atoms with Crippen molar-refractivity contribution in [3.63, 3.8) is 0 Å². The SMILES string of the molecule is O=C(c1ccoc1)N1CCO[C@]2(CCC[C@H]2COCc2ccccn2)C1. The molecule has 3 heterocycles. The minimum absolute atomic E-state index is 0.0153. The van der Waals surface area contributed by atoms with Crippen LogP contribution in [-0.2, 0) is 16.1 Å². The van der Waals surface area contributed by atoms with Crippen LogP contribution in [0.5, 0.6) is 0 Å². The van der Waals surface area contributed by atoms with Crippen LogP contribution in [0.15, 0.2) is 47.4 Å². The summed E-state index contributed by atoms with van der Waals surface area (Å²) in [5, 5.41) is 0. The van der Waals surface area contributed by atoms with E-state index in [4.69, 9.17) is 13.9 Å². The lowest BCUT2D eigenvalue weighted by molar-refractivity contribution is -0.134. The molecule has 1 saturated heterocycles. The number of pyridine rings is 1. The lowest BCUT2D eigenvalue weighted by Crippen LogP contribution is -2.56. The van der Waals surface area contributed by atoms with Crippen molar-refractivity contribution in [2.24, 2.45) is 5.92 Å². The van der Waals surface area contributed by atoms with Gasteiger partial charge in [-0.25, -0.2) is 0 Å². The summed E-state index contributed by atoms with van der Waals surface area (Å²) in [6.45, 7) is 2.94. The number of aromatic nitrogens is 1. The molecule has 1 spiro atoms. The Kier molecular flexibility index (Phi) is 5.04. The zero-order valence-corrected chi connectivity index (χ0v) is 14.8. The van der Waals surface area contributed by atoms with Gasteiger partial charge in [-0.2, -0.15) is 0 Å². The molecular weight excluding hydrogens is 332 g/mol. The largest absolute Gasteiger partial charge is 0.472 e. The number of hydrogen-bond acceptors (Lipinski definition) is 5. The maximum absolute atomic E-state index is 12.7. The Balaban J connectivity index is 1.38. The molecule has 2 aliphatic rings. The first-order valence-corrected chi connectivity index (χ1v) is 9.20. The predicted molar refractivity (Wildman–Crippen MR) is 94.5 cm³/mol. The average Bonchev–Trinajstić information content (AvgIpc) is 3.33. The number of carbonyl (C=O) groups excluding carboxylic acids is 1. The molecule has 1 aliphatic carbocycles. The molecule has 0 radical (unpaired) electrons. The molecule has 1 saturated carbocycles. The van der Waals surface area contributed by atoms with Crippen LogP contribution >= 0.6 is 0 Å². The fourth-order valence-electron chi connectivity index (χ4n) is 4.09. The van der Waals surface area contributed by atoms with Gasteiger partial charge in [-0.3, -0.25) is 9.78 Å². The summed E-state index contributed by atoms with van der Waals surface area (Å²) in [4.78, 5) is 18.9. The van der Waals surface area contributed by atoms with Crippen LogP contribution in [0.3, 0.4) is 0 Å². The second-order valence-electron chi connectivity index (χ2n) is 7.08. The van der Waals surface area contributed by atoms with Gasteiger partial charge < -0.3 is 18.8 Å². The Morgan fingerprint density at radius 3 is 3.15 bits per heavy atom. The Bertz CT molecular complexity index is 719. The molecule has 0 unspecified atom stereocenters. The fourth-order valence-corrected chi connectivity index (χ4v) is 4.09. The monoisotopic (exact) mass is 356 g/mol. The molecule has 0 bridgehead atoms. The van der Waals surface area contributed by atoms with Gasteiger partial charge in [0.2, 0.25) is 0 Å². The third kappa shape index (κ3) is 3.52. The van der Waals surface area contributed by atoms with E-state index in [9.17, 15) is 4.79 Å². The Morgan fingerprint density at radius 2 is 2.35 bits per heavy atom. The molecule has 6 heteroatoms. The molecule has 0 N–H and O–H groups in total. The molecule has 2 aromatic heterocycles. The number of nitrogens with zero attached hydrogens (tertiary/aromatic N) is 2. The van der Waals surface area contributed by atoms with Crippen molar-refractivity contribution in [3.8, 4) is 0 Å². The number of amides is 1. The van der Waals surface area contributed by atoms with Crippen LogP contribution in [0.4, 0.5) is 0 Å². The lowest BCUT2D eigenvalue weighted by atomic mass is 9.89. The number of ether oxygens (including phenoxy) is 2. The summed E-state index contributed by atoms with van der Waals surface area (Å²) in [6, 6.07) is 7.54. The lowest BCUT2D eigenvalue weighted by Gasteiger charge is -2.44. The minimum Gasteiger partial charge on any atom is -0.472 e. The highest BCUT2D eigenvalue weighted by Crippen LogP contribution is 2.41. The van der Waals surface area contributed by atoms with E-state index in [1.54, 1.807) is 12.3 Å². The third-order valence-electron chi connectivity index (χ3n) is 5.46. The van der Waals surface area contributed by atoms with Crippen LogP contribution < -0.4 is 0 Å². The molecule has 0 aromatic carbocycles. The first kappa shape index (κ1) is 17.2. The van der Waals surface area contributed by atoms with Crippen LogP contribution in [0, 0.1) is 5.92 Å². The Hall–Kier alpha value is -2.18. The average molecular weight is 356 g/mol. The molecule has 1 aliphatic heterocycles. The summed E-state index contributed by atoms with van der Waals surface area (Å²) in [6.07, 6.45) is 7.96. The summed E-state index contributed by atoms with van der Waals surface area (Å²) >= 11 is 0. The van der Waals surface area contributed by atoms with Crippen molar-refractivity contribution in [2.45, 2.75) is 31.5 Å². The van der Waals surface area contributed by atoms with Crippen molar-refractivity contribution >= 4 is 5.91 Å². The number of furan rings is 1. The predicted octanol–water partition coefficient (Wildman–Crippen LogP) is 2.90. The van der Waals surface area contributed by atoms with Gasteiger partial charge in [-0.1, -0.05) is 12.5 Å². The van der Waals surface area contributed by atoms with Crippen molar-refractivity contribution in [2.75, 3.05) is 26.3 Å². The molecule has 138 valence electrons. The van der Waals surface area contributed by atoms with Gasteiger partial charge in [-0.05, 0) is 31.0 Å². The number of carbonyl (C=O) groups is 1. The fraction of sp³-hybridized carbons (Fsp3) is 0.500. The minimum atomic E-state index is -0.290. The van der Waals surface area contributed by atoms with Crippen LogP contribution in [0.1, 0.15) is 35.3 Å². The van der Waals surface area contributed by atoms with Crippen molar-refractivity contribution < 1.29 is 18.7 Å². The highest BCUT2D eigenvalue weighted by atomic mass is 16.5. The maximum Gasteiger partial charge on any atom is 0.257 e. The van der Waals surface area contributed by atoms with Gasteiger partial charge >= 0.3 is 0 Å². The summed E-state index contributed by atoms with van der Waals surface area (Å²) in [5.74, 6) is 0.313. The Labute approximate surface area is 153 Å². The standard InChI is InChI=1S/C20H24N2O4/c23-19(16-6-10-24-12-16)22-9-11-26-20(15-22)7-3-4-17(20)13-25-14-18-5-1-2-8-21-18/h1-2,5-6,8,10,12,17H,3-4,7,9,11,13-15H2/t17-,20+/m0/s1. The van der Waals surface area contributed by atoms with Crippen LogP contribution in [-0.4, -0.2) is 47.7 Å². The van der Waals surface area contributed by atoms with Gasteiger partial charge in [-0.15, -0.1) is 0 Å². The van der Waals surface area contributed by atoms with E-state index in [-0.39, 0.29) is 11.5 Å². The topological polar surface area (TPSA) is 64.8 Å². The number of rotatable bonds is 5. The zero-order valence-electron chi connectivity index (χ0n) is 14.8. The molecule has 2 atom stereocenters. The second kappa shape index (κ2) is 7.60. The van der Waals surface area contributed by atoms with E-state index in [2.05, 4.69) is 4.98 Å². The third-order valence-corrected chi connectivity index (χ3v) is 5.46. The van der Waals surface area contributed by atoms with E-state index in [1.807, 2.05) is 23.1 Å². The number of morpholine rings is 1. The molecule has 6 nitrogen and oxygen atoms in total. The van der Waals surface area contributed by atoms with Crippen LogP contribution in [0.2, 0.25) is 0 Å². The van der Waals surface area contributed by atoms with E-state index >= 15 is 0 Å². The number of hydrogen-bond donors (Lipinski definition) is 0. The van der Waals surface area contributed by atoms with Crippen molar-refractivity contribution in [1.29, 1.82) is 0 Å². The first-order chi connectivity index (χ1) is 12.8. The molecule has 2 aromatic rings. The quantitative estimate of drug-likeness (QED) is 0.824. The van der Waals surface area contributed by atoms with Crippen LogP contribution in [0.25, 0.3) is 0 Å². The normalized spacial score (nSPS) is 25.7. The zero-order chi connectivity index (χ0) is 17.8. The highest BCUT2D eigenvalue weighted by molar-refractivity contribution is 5.93.